The minimum Gasteiger partial charge on any atom is -0.388 e. The van der Waals surface area contributed by atoms with E-state index in [4.69, 9.17) is 10.3 Å². The maximum Gasteiger partial charge on any atom is 0.330 e. The summed E-state index contributed by atoms with van der Waals surface area (Å²) < 4.78 is 7.07. The van der Waals surface area contributed by atoms with Gasteiger partial charge in [0, 0.05) is 21.6 Å². The van der Waals surface area contributed by atoms with Crippen LogP contribution in [0.5, 0.6) is 0 Å². The predicted molar refractivity (Wildman–Crippen MR) is 73.1 cm³/mol. The van der Waals surface area contributed by atoms with E-state index in [1.54, 1.807) is 0 Å². The molecule has 0 amide bonds. The highest BCUT2D eigenvalue weighted by Gasteiger charge is 2.43. The zero-order chi connectivity index (χ0) is 14.0. The van der Waals surface area contributed by atoms with Gasteiger partial charge < -0.3 is 9.84 Å². The molecule has 0 saturated carbocycles. The molecule has 0 aromatic carbocycles. The number of halogens is 1. The van der Waals surface area contributed by atoms with Crippen LogP contribution in [0.25, 0.3) is 10.4 Å². The van der Waals surface area contributed by atoms with Crippen molar-refractivity contribution in [2.75, 3.05) is 4.43 Å². The van der Waals surface area contributed by atoms with Gasteiger partial charge in [-0.2, -0.15) is 0 Å². The molecule has 2 heterocycles. The molecule has 1 aliphatic heterocycles. The van der Waals surface area contributed by atoms with Gasteiger partial charge in [-0.3, -0.25) is 14.3 Å². The van der Waals surface area contributed by atoms with Gasteiger partial charge in [-0.05, 0) is 5.53 Å². The van der Waals surface area contributed by atoms with Crippen molar-refractivity contribution in [2.24, 2.45) is 5.11 Å². The third-order valence-corrected chi connectivity index (χ3v) is 3.67. The summed E-state index contributed by atoms with van der Waals surface area (Å²) in [7, 11) is 0. The lowest BCUT2D eigenvalue weighted by atomic mass is 10.1. The maximum absolute atomic E-state index is 11.6. The normalized spacial score (nSPS) is 30.0. The number of alkyl halides is 1. The minimum atomic E-state index is -1.15. The van der Waals surface area contributed by atoms with Gasteiger partial charge in [-0.25, -0.2) is 4.79 Å². The first-order chi connectivity index (χ1) is 9.08. The van der Waals surface area contributed by atoms with Gasteiger partial charge in [0.1, 0.15) is 6.10 Å². The van der Waals surface area contributed by atoms with E-state index in [-0.39, 0.29) is 0 Å². The number of aromatic amines is 1. The Kier molecular flexibility index (Phi) is 4.24. The molecule has 102 valence electrons. The quantitative estimate of drug-likeness (QED) is 0.250. The van der Waals surface area contributed by atoms with Crippen LogP contribution in [-0.2, 0) is 4.74 Å². The highest BCUT2D eigenvalue weighted by Crippen LogP contribution is 2.31. The molecule has 0 aliphatic carbocycles. The molecule has 9 nitrogen and oxygen atoms in total. The Balaban J connectivity index is 2.38. The molecule has 10 heteroatoms. The number of H-pyrrole nitrogens is 1. The Morgan fingerprint density at radius 3 is 2.95 bits per heavy atom. The lowest BCUT2D eigenvalue weighted by Crippen LogP contribution is -2.36. The Labute approximate surface area is 120 Å². The Bertz CT molecular complexity index is 622. The standard InChI is InChI=1S/C9H10IN5O4/c10-3-4-6(13-14-11)7(17)8(19-4)15-2-1-5(16)12-9(15)18/h1-2,4,6-8,17H,3H2,(H,12,16,18)/t4-,6-,7-,8-/m1/s1. The van der Waals surface area contributed by atoms with Gasteiger partial charge in [0.05, 0.1) is 12.1 Å². The monoisotopic (exact) mass is 379 g/mol. The predicted octanol–water partition coefficient (Wildman–Crippen LogP) is -0.0912. The fraction of sp³-hybridized carbons (Fsp3) is 0.556. The first-order valence-corrected chi connectivity index (χ1v) is 6.86. The molecule has 2 N–H and O–H groups in total. The van der Waals surface area contributed by atoms with Crippen LogP contribution in [-0.4, -0.2) is 37.3 Å². The van der Waals surface area contributed by atoms with E-state index in [1.165, 1.54) is 6.20 Å². The first kappa shape index (κ1) is 14.1. The maximum atomic E-state index is 11.6. The zero-order valence-electron chi connectivity index (χ0n) is 9.51. The molecule has 1 aromatic heterocycles. The summed E-state index contributed by atoms with van der Waals surface area (Å²) in [6, 6.07) is 0.378. The second-order valence-electron chi connectivity index (χ2n) is 3.92. The van der Waals surface area contributed by atoms with Gasteiger partial charge in [0.25, 0.3) is 5.56 Å². The van der Waals surface area contributed by atoms with Crippen LogP contribution in [0.1, 0.15) is 6.23 Å². The number of rotatable bonds is 3. The molecule has 1 aliphatic rings. The van der Waals surface area contributed by atoms with Crippen LogP contribution in [0, 0.1) is 0 Å². The second-order valence-corrected chi connectivity index (χ2v) is 4.80. The van der Waals surface area contributed by atoms with Crippen LogP contribution in [0.15, 0.2) is 27.0 Å². The summed E-state index contributed by atoms with van der Waals surface area (Å²) in [6.07, 6.45) is -1.40. The van der Waals surface area contributed by atoms with E-state index in [9.17, 15) is 14.7 Å². The fourth-order valence-electron chi connectivity index (χ4n) is 1.92. The van der Waals surface area contributed by atoms with Crippen molar-refractivity contribution < 1.29 is 9.84 Å². The number of nitrogens with zero attached hydrogens (tertiary/aromatic N) is 4. The van der Waals surface area contributed by atoms with Gasteiger partial charge in [0.15, 0.2) is 6.23 Å². The van der Waals surface area contributed by atoms with Gasteiger partial charge in [-0.15, -0.1) is 0 Å². The number of ether oxygens (including phenoxy) is 1. The fourth-order valence-corrected chi connectivity index (χ4v) is 2.65. The average Bonchev–Trinajstić information content (AvgIpc) is 2.68. The Morgan fingerprint density at radius 1 is 1.63 bits per heavy atom. The molecule has 1 aromatic rings. The molecule has 1 saturated heterocycles. The van der Waals surface area contributed by atoms with Crippen LogP contribution >= 0.6 is 22.6 Å². The van der Waals surface area contributed by atoms with Crippen LogP contribution in [0.4, 0.5) is 0 Å². The van der Waals surface area contributed by atoms with Crippen molar-refractivity contribution >= 4 is 22.6 Å². The highest BCUT2D eigenvalue weighted by atomic mass is 127. The van der Waals surface area contributed by atoms with E-state index < -0.39 is 35.7 Å². The number of hydrogen-bond acceptors (Lipinski definition) is 5. The second kappa shape index (κ2) is 5.74. The average molecular weight is 379 g/mol. The first-order valence-electron chi connectivity index (χ1n) is 5.33. The van der Waals surface area contributed by atoms with Gasteiger partial charge in [-0.1, -0.05) is 27.7 Å². The molecular formula is C9H10IN5O4. The summed E-state index contributed by atoms with van der Waals surface area (Å²) in [6.45, 7) is 0. The molecule has 0 radical (unpaired) electrons. The molecule has 0 unspecified atom stereocenters. The Hall–Kier alpha value is -1.36. The Morgan fingerprint density at radius 2 is 2.37 bits per heavy atom. The van der Waals surface area contributed by atoms with Crippen molar-refractivity contribution in [3.8, 4) is 0 Å². The van der Waals surface area contributed by atoms with E-state index in [0.717, 1.165) is 10.6 Å². The molecule has 2 rings (SSSR count). The summed E-state index contributed by atoms with van der Waals surface area (Å²) >= 11 is 2.03. The van der Waals surface area contributed by atoms with E-state index in [1.807, 2.05) is 22.6 Å². The van der Waals surface area contributed by atoms with Crippen LogP contribution in [0.2, 0.25) is 0 Å². The molecule has 0 bridgehead atoms. The highest BCUT2D eigenvalue weighted by molar-refractivity contribution is 14.1. The van der Waals surface area contributed by atoms with Gasteiger partial charge >= 0.3 is 5.69 Å². The number of aliphatic hydroxyl groups is 1. The number of nitrogens with one attached hydrogen (secondary N) is 1. The lowest BCUT2D eigenvalue weighted by Gasteiger charge is -2.16. The van der Waals surface area contributed by atoms with Gasteiger partial charge in [0.2, 0.25) is 0 Å². The SMILES string of the molecule is [N-]=[N+]=N[C@H]1[C@@H](O)[C@H](n2ccc(=O)[nH]c2=O)O[C@@H]1CI. The van der Waals surface area contributed by atoms with E-state index >= 15 is 0 Å². The lowest BCUT2D eigenvalue weighted by molar-refractivity contribution is -0.0330. The summed E-state index contributed by atoms with van der Waals surface area (Å²) in [5.41, 5.74) is 7.25. The smallest absolute Gasteiger partial charge is 0.330 e. The molecule has 1 fully saturated rings. The van der Waals surface area contributed by atoms with Crippen LogP contribution in [0.3, 0.4) is 0 Å². The third kappa shape index (κ3) is 2.66. The molecular weight excluding hydrogens is 369 g/mol. The number of hydrogen-bond donors (Lipinski definition) is 2. The van der Waals surface area contributed by atoms with Crippen molar-refractivity contribution in [1.82, 2.24) is 9.55 Å². The van der Waals surface area contributed by atoms with Crippen molar-refractivity contribution in [3.63, 3.8) is 0 Å². The number of azide groups is 1. The number of aliphatic hydroxyl groups excluding tert-OH is 1. The van der Waals surface area contributed by atoms with E-state index in [0.29, 0.717) is 4.43 Å². The largest absolute Gasteiger partial charge is 0.388 e. The third-order valence-electron chi connectivity index (χ3n) is 2.80. The number of aromatic nitrogens is 2. The zero-order valence-corrected chi connectivity index (χ0v) is 11.7. The summed E-state index contributed by atoms with van der Waals surface area (Å²) in [5, 5.41) is 13.6. The molecule has 19 heavy (non-hydrogen) atoms. The molecule has 0 spiro atoms. The molecule has 4 atom stereocenters. The van der Waals surface area contributed by atoms with E-state index in [2.05, 4.69) is 15.0 Å². The van der Waals surface area contributed by atoms with Crippen molar-refractivity contribution in [2.45, 2.75) is 24.5 Å². The summed E-state index contributed by atoms with van der Waals surface area (Å²) in [4.78, 5) is 27.4. The van der Waals surface area contributed by atoms with Crippen molar-refractivity contribution in [3.05, 3.63) is 43.5 Å². The van der Waals surface area contributed by atoms with Crippen LogP contribution < -0.4 is 11.2 Å². The minimum absolute atomic E-state index is 0.490. The topological polar surface area (TPSA) is 133 Å². The summed E-state index contributed by atoms with van der Waals surface area (Å²) in [5.74, 6) is 0. The van der Waals surface area contributed by atoms with Crippen molar-refractivity contribution in [1.29, 1.82) is 0 Å².